The van der Waals surface area contributed by atoms with Crippen LogP contribution in [0.4, 0.5) is 0 Å². The first-order chi connectivity index (χ1) is 2.41. The molecule has 0 fully saturated rings. The number of hydroxylamine groups is 1. The van der Waals surface area contributed by atoms with Crippen molar-refractivity contribution < 1.29 is 56.6 Å². The van der Waals surface area contributed by atoms with Gasteiger partial charge in [-0.2, -0.15) is 0 Å². The Morgan fingerprint density at radius 2 is 2.33 bits per heavy atom. The van der Waals surface area contributed by atoms with Crippen LogP contribution in [0.15, 0.2) is 12.7 Å². The maximum absolute atomic E-state index is 7.62. The van der Waals surface area contributed by atoms with E-state index in [2.05, 4.69) is 12.1 Å². The first kappa shape index (κ1) is 10.3. The van der Waals surface area contributed by atoms with Gasteiger partial charge in [-0.1, -0.05) is 0 Å². The fourth-order valence-corrected chi connectivity index (χ4v) is 0.0577. The SMILES string of the molecule is C=CC[N-]O.[K+]. The van der Waals surface area contributed by atoms with E-state index >= 15 is 0 Å². The molecule has 0 aliphatic carbocycles. The summed E-state index contributed by atoms with van der Waals surface area (Å²) in [6.45, 7) is 3.63. The van der Waals surface area contributed by atoms with Gasteiger partial charge in [-0.25, -0.2) is 0 Å². The molecule has 0 unspecified atom stereocenters. The molecule has 0 aromatic heterocycles. The molecule has 2 nitrogen and oxygen atoms in total. The average Bonchev–Trinajstić information content (AvgIpc) is 1.41. The molecule has 0 aliphatic heterocycles. The Hall–Kier alpha value is 1.30. The standard InChI is InChI=1S/C3H6NO.K/c1-2-3-4-5;/h2,5H,1,3H2;/q-1;+1. The minimum absolute atomic E-state index is 0. The van der Waals surface area contributed by atoms with Crippen molar-refractivity contribution in [2.75, 3.05) is 6.54 Å². The molecule has 0 spiro atoms. The smallest absolute Gasteiger partial charge is 0.534 e. The van der Waals surface area contributed by atoms with Gasteiger partial charge in [0.2, 0.25) is 0 Å². The van der Waals surface area contributed by atoms with Crippen molar-refractivity contribution in [1.29, 1.82) is 0 Å². The Morgan fingerprint density at radius 3 is 2.33 bits per heavy atom. The fourth-order valence-electron chi connectivity index (χ4n) is 0.0577. The van der Waals surface area contributed by atoms with Crippen molar-refractivity contribution in [3.63, 3.8) is 0 Å². The predicted octanol–water partition coefficient (Wildman–Crippen LogP) is -2.06. The quantitative estimate of drug-likeness (QED) is 0.248. The van der Waals surface area contributed by atoms with Crippen molar-refractivity contribution in [3.8, 4) is 0 Å². The zero-order valence-electron chi connectivity index (χ0n) is 3.89. The van der Waals surface area contributed by atoms with Crippen LogP contribution >= 0.6 is 0 Å². The molecule has 0 aromatic carbocycles. The fraction of sp³-hybridized carbons (Fsp3) is 0.333. The van der Waals surface area contributed by atoms with E-state index in [1.807, 2.05) is 0 Å². The minimum atomic E-state index is 0. The van der Waals surface area contributed by atoms with Gasteiger partial charge in [-0.05, 0) is 0 Å². The van der Waals surface area contributed by atoms with Gasteiger partial charge in [-0.3, -0.25) is 0 Å². The van der Waals surface area contributed by atoms with Gasteiger partial charge in [0.25, 0.3) is 0 Å². The van der Waals surface area contributed by atoms with Crippen LogP contribution in [-0.4, -0.2) is 11.8 Å². The molecular formula is C3H6KNO. The van der Waals surface area contributed by atoms with Crippen LogP contribution in [0.25, 0.3) is 5.48 Å². The average molecular weight is 111 g/mol. The summed E-state index contributed by atoms with van der Waals surface area (Å²) in [6.07, 6.45) is 1.51. The first-order valence-corrected chi connectivity index (χ1v) is 1.33. The van der Waals surface area contributed by atoms with E-state index < -0.39 is 0 Å². The zero-order valence-corrected chi connectivity index (χ0v) is 7.01. The number of nitrogens with zero attached hydrogens (tertiary/aromatic N) is 1. The Balaban J connectivity index is 0. The van der Waals surface area contributed by atoms with Crippen LogP contribution in [0.2, 0.25) is 0 Å². The largest absolute Gasteiger partial charge is 1.00 e. The van der Waals surface area contributed by atoms with Gasteiger partial charge in [0.15, 0.2) is 0 Å². The molecule has 0 radical (unpaired) electrons. The van der Waals surface area contributed by atoms with Crippen LogP contribution < -0.4 is 51.4 Å². The predicted molar refractivity (Wildman–Crippen MR) is 20.2 cm³/mol. The van der Waals surface area contributed by atoms with Crippen molar-refractivity contribution in [2.24, 2.45) is 0 Å². The summed E-state index contributed by atoms with van der Waals surface area (Å²) in [5.41, 5.74) is 2.74. The van der Waals surface area contributed by atoms with Gasteiger partial charge in [0, 0.05) is 0 Å². The van der Waals surface area contributed by atoms with E-state index in [-0.39, 0.29) is 51.4 Å². The molecule has 0 amide bonds. The topological polar surface area (TPSA) is 34.3 Å². The van der Waals surface area contributed by atoms with Gasteiger partial charge >= 0.3 is 51.4 Å². The molecule has 3 heteroatoms. The van der Waals surface area contributed by atoms with Crippen molar-refractivity contribution in [1.82, 2.24) is 0 Å². The summed E-state index contributed by atoms with van der Waals surface area (Å²) in [4.78, 5) is 0. The third-order valence-corrected chi connectivity index (χ3v) is 0.211. The van der Waals surface area contributed by atoms with Gasteiger partial charge in [0.1, 0.15) is 0 Å². The molecule has 0 bridgehead atoms. The van der Waals surface area contributed by atoms with Crippen LogP contribution in [0.5, 0.6) is 0 Å². The summed E-state index contributed by atoms with van der Waals surface area (Å²) in [5, 5.41) is 7.62. The van der Waals surface area contributed by atoms with E-state index in [1.165, 1.54) is 6.08 Å². The Bertz CT molecular complexity index is 32.0. The van der Waals surface area contributed by atoms with E-state index in [0.29, 0.717) is 6.54 Å². The van der Waals surface area contributed by atoms with Crippen molar-refractivity contribution in [3.05, 3.63) is 18.1 Å². The second kappa shape index (κ2) is 9.57. The van der Waals surface area contributed by atoms with Gasteiger partial charge in [-0.15, -0.1) is 19.2 Å². The first-order valence-electron chi connectivity index (χ1n) is 1.33. The molecule has 0 aromatic rings. The van der Waals surface area contributed by atoms with Crippen molar-refractivity contribution >= 4 is 0 Å². The van der Waals surface area contributed by atoms with Crippen LogP contribution in [-0.2, 0) is 0 Å². The summed E-state index contributed by atoms with van der Waals surface area (Å²) in [6, 6.07) is 0. The second-order valence-electron chi connectivity index (χ2n) is 0.613. The Labute approximate surface area is 80.0 Å². The van der Waals surface area contributed by atoms with Gasteiger partial charge < -0.3 is 10.7 Å². The third-order valence-electron chi connectivity index (χ3n) is 0.211. The molecule has 6 heavy (non-hydrogen) atoms. The summed E-state index contributed by atoms with van der Waals surface area (Å²) in [7, 11) is 0. The molecule has 0 rings (SSSR count). The number of rotatable bonds is 2. The number of hydrogen-bond acceptors (Lipinski definition) is 1. The molecular weight excluding hydrogens is 105 g/mol. The molecule has 0 heterocycles. The summed E-state index contributed by atoms with van der Waals surface area (Å²) < 4.78 is 0. The third kappa shape index (κ3) is 9.00. The number of hydrogen-bond donors (Lipinski definition) is 1. The summed E-state index contributed by atoms with van der Waals surface area (Å²) in [5.74, 6) is 0. The van der Waals surface area contributed by atoms with E-state index in [1.54, 1.807) is 0 Å². The molecule has 1 N–H and O–H groups in total. The van der Waals surface area contributed by atoms with Gasteiger partial charge in [0.05, 0.1) is 0 Å². The van der Waals surface area contributed by atoms with Crippen LogP contribution in [0, 0.1) is 0 Å². The minimum Gasteiger partial charge on any atom is -0.534 e. The molecule has 30 valence electrons. The second-order valence-corrected chi connectivity index (χ2v) is 0.613. The Kier molecular flexibility index (Phi) is 16.4. The zero-order chi connectivity index (χ0) is 4.12. The van der Waals surface area contributed by atoms with Crippen molar-refractivity contribution in [2.45, 2.75) is 0 Å². The summed E-state index contributed by atoms with van der Waals surface area (Å²) >= 11 is 0. The monoisotopic (exact) mass is 111 g/mol. The normalized spacial score (nSPS) is 6.17. The molecule has 0 saturated heterocycles. The van der Waals surface area contributed by atoms with Crippen LogP contribution in [0.3, 0.4) is 0 Å². The maximum Gasteiger partial charge on any atom is 1.00 e. The van der Waals surface area contributed by atoms with E-state index in [0.717, 1.165) is 0 Å². The molecule has 0 aliphatic rings. The van der Waals surface area contributed by atoms with E-state index in [4.69, 9.17) is 5.21 Å². The molecule has 0 saturated carbocycles. The molecule has 0 atom stereocenters. The maximum atomic E-state index is 7.62. The van der Waals surface area contributed by atoms with E-state index in [9.17, 15) is 0 Å². The Morgan fingerprint density at radius 1 is 1.83 bits per heavy atom. The van der Waals surface area contributed by atoms with Crippen LogP contribution in [0.1, 0.15) is 0 Å².